The van der Waals surface area contributed by atoms with Crippen molar-refractivity contribution in [2.75, 3.05) is 31.2 Å². The Morgan fingerprint density at radius 1 is 1.31 bits per heavy atom. The normalized spacial score (nSPS) is 25.1. The molecule has 2 fully saturated rings. The molecule has 2 heterocycles. The molecule has 2 aliphatic rings. The zero-order chi connectivity index (χ0) is 18.5. The topological polar surface area (TPSA) is 72.3 Å². The van der Waals surface area contributed by atoms with Crippen LogP contribution < -0.4 is 10.2 Å². The summed E-state index contributed by atoms with van der Waals surface area (Å²) in [6.07, 6.45) is 4.79. The van der Waals surface area contributed by atoms with Gasteiger partial charge in [-0.05, 0) is 32.6 Å². The molecular formula is C18H31N5O2S. The largest absolute Gasteiger partial charge is 0.378 e. The second kappa shape index (κ2) is 9.08. The molecule has 1 aromatic heterocycles. The Labute approximate surface area is 160 Å². The summed E-state index contributed by atoms with van der Waals surface area (Å²) in [5.74, 6) is 1.55. The van der Waals surface area contributed by atoms with Crippen LogP contribution in [0.3, 0.4) is 0 Å². The number of thioether (sulfide) groups is 1. The summed E-state index contributed by atoms with van der Waals surface area (Å²) < 4.78 is 7.52. The van der Waals surface area contributed by atoms with Crippen LogP contribution in [0.25, 0.3) is 0 Å². The van der Waals surface area contributed by atoms with E-state index in [1.807, 2.05) is 6.92 Å². The van der Waals surface area contributed by atoms with E-state index in [4.69, 9.17) is 4.74 Å². The summed E-state index contributed by atoms with van der Waals surface area (Å²) in [6.45, 7) is 10.2. The fourth-order valence-corrected chi connectivity index (χ4v) is 4.60. The lowest BCUT2D eigenvalue weighted by molar-refractivity contribution is -0.121. The Kier molecular flexibility index (Phi) is 6.80. The van der Waals surface area contributed by atoms with E-state index in [9.17, 15) is 4.79 Å². The van der Waals surface area contributed by atoms with Gasteiger partial charge in [0.05, 0.1) is 18.5 Å². The van der Waals surface area contributed by atoms with Crippen LogP contribution in [0.15, 0.2) is 5.16 Å². The zero-order valence-corrected chi connectivity index (χ0v) is 16.9. The minimum absolute atomic E-state index is 0.104. The van der Waals surface area contributed by atoms with Gasteiger partial charge < -0.3 is 15.0 Å². The Balaban J connectivity index is 1.62. The molecule has 1 aliphatic heterocycles. The third-order valence-corrected chi connectivity index (χ3v) is 6.48. The molecule has 0 unspecified atom stereocenters. The lowest BCUT2D eigenvalue weighted by Crippen LogP contribution is -2.44. The molecule has 0 radical (unpaired) electrons. The van der Waals surface area contributed by atoms with Crippen molar-refractivity contribution in [3.8, 4) is 0 Å². The first-order chi connectivity index (χ1) is 12.6. The van der Waals surface area contributed by atoms with E-state index in [1.165, 1.54) is 31.0 Å². The molecule has 1 saturated heterocycles. The van der Waals surface area contributed by atoms with Crippen molar-refractivity contribution in [2.45, 2.75) is 69.4 Å². The highest BCUT2D eigenvalue weighted by Crippen LogP contribution is 2.28. The molecule has 0 aromatic carbocycles. The summed E-state index contributed by atoms with van der Waals surface area (Å²) in [5.41, 5.74) is 0. The van der Waals surface area contributed by atoms with Crippen LogP contribution in [0, 0.1) is 5.92 Å². The van der Waals surface area contributed by atoms with Gasteiger partial charge in [-0.25, -0.2) is 0 Å². The second-order valence-electron chi connectivity index (χ2n) is 7.26. The molecule has 1 amide bonds. The smallest absolute Gasteiger partial charge is 0.233 e. The maximum absolute atomic E-state index is 12.7. The van der Waals surface area contributed by atoms with Crippen LogP contribution in [-0.2, 0) is 16.1 Å². The molecule has 7 nitrogen and oxygen atoms in total. The van der Waals surface area contributed by atoms with Crippen LogP contribution in [0.4, 0.5) is 5.95 Å². The van der Waals surface area contributed by atoms with Crippen LogP contribution in [-0.4, -0.2) is 58.3 Å². The quantitative estimate of drug-likeness (QED) is 0.763. The number of aromatic nitrogens is 3. The molecule has 0 spiro atoms. The maximum atomic E-state index is 12.7. The number of hydrogen-bond donors (Lipinski definition) is 1. The predicted octanol–water partition coefficient (Wildman–Crippen LogP) is 2.31. The summed E-state index contributed by atoms with van der Waals surface area (Å²) >= 11 is 1.50. The van der Waals surface area contributed by atoms with Crippen molar-refractivity contribution in [2.24, 2.45) is 5.92 Å². The van der Waals surface area contributed by atoms with E-state index < -0.39 is 0 Å². The van der Waals surface area contributed by atoms with Crippen LogP contribution >= 0.6 is 11.8 Å². The predicted molar refractivity (Wildman–Crippen MR) is 104 cm³/mol. The van der Waals surface area contributed by atoms with Crippen molar-refractivity contribution < 1.29 is 9.53 Å². The van der Waals surface area contributed by atoms with Gasteiger partial charge in [0.2, 0.25) is 11.9 Å². The number of carbonyl (C=O) groups is 1. The highest BCUT2D eigenvalue weighted by Gasteiger charge is 2.27. The standard InChI is InChI=1S/C18H31N5O2S/c1-4-23-17(22-9-11-25-12-10-22)20-21-18(23)26-14(3)16(24)19-15-8-6-5-7-13(15)2/h13-15H,4-12H2,1-3H3,(H,19,24)/t13-,14-,15-/m0/s1. The summed E-state index contributed by atoms with van der Waals surface area (Å²) in [7, 11) is 0. The van der Waals surface area contributed by atoms with Gasteiger partial charge in [-0.1, -0.05) is 31.5 Å². The summed E-state index contributed by atoms with van der Waals surface area (Å²) in [6, 6.07) is 0.312. The van der Waals surface area contributed by atoms with Gasteiger partial charge in [0.25, 0.3) is 0 Å². The van der Waals surface area contributed by atoms with Crippen molar-refractivity contribution in [1.29, 1.82) is 0 Å². The number of amides is 1. The van der Waals surface area contributed by atoms with Gasteiger partial charge in [-0.15, -0.1) is 10.2 Å². The monoisotopic (exact) mass is 381 g/mol. The molecular weight excluding hydrogens is 350 g/mol. The van der Waals surface area contributed by atoms with Gasteiger partial charge in [0.15, 0.2) is 5.16 Å². The molecule has 146 valence electrons. The number of rotatable bonds is 6. The Morgan fingerprint density at radius 3 is 2.73 bits per heavy atom. The minimum Gasteiger partial charge on any atom is -0.378 e. The third kappa shape index (κ3) is 4.52. The molecule has 1 aromatic rings. The number of nitrogens with one attached hydrogen (secondary N) is 1. The number of ether oxygens (including phenoxy) is 1. The molecule has 3 rings (SSSR count). The second-order valence-corrected chi connectivity index (χ2v) is 8.57. The highest BCUT2D eigenvalue weighted by molar-refractivity contribution is 8.00. The lowest BCUT2D eigenvalue weighted by Gasteiger charge is -2.30. The fourth-order valence-electron chi connectivity index (χ4n) is 3.68. The van der Waals surface area contributed by atoms with Crippen molar-refractivity contribution >= 4 is 23.6 Å². The average molecular weight is 382 g/mol. The molecule has 8 heteroatoms. The highest BCUT2D eigenvalue weighted by atomic mass is 32.2. The van der Waals surface area contributed by atoms with Gasteiger partial charge in [-0.3, -0.25) is 9.36 Å². The summed E-state index contributed by atoms with van der Waals surface area (Å²) in [5, 5.41) is 12.6. The zero-order valence-electron chi connectivity index (χ0n) is 16.1. The molecule has 1 saturated carbocycles. The van der Waals surface area contributed by atoms with Gasteiger partial charge in [0.1, 0.15) is 0 Å². The lowest BCUT2D eigenvalue weighted by atomic mass is 9.86. The number of nitrogens with zero attached hydrogens (tertiary/aromatic N) is 4. The SMILES string of the molecule is CCn1c(S[C@@H](C)C(=O)N[C@H]2CCCC[C@@H]2C)nnc1N1CCOCC1. The van der Waals surface area contributed by atoms with Crippen LogP contribution in [0.2, 0.25) is 0 Å². The Hall–Kier alpha value is -1.28. The molecule has 0 bridgehead atoms. The first-order valence-electron chi connectivity index (χ1n) is 9.83. The van der Waals surface area contributed by atoms with Crippen LogP contribution in [0.5, 0.6) is 0 Å². The molecule has 1 aliphatic carbocycles. The van der Waals surface area contributed by atoms with E-state index in [2.05, 4.69) is 38.8 Å². The minimum atomic E-state index is -0.184. The van der Waals surface area contributed by atoms with E-state index >= 15 is 0 Å². The third-order valence-electron chi connectivity index (χ3n) is 5.40. The van der Waals surface area contributed by atoms with Crippen LogP contribution in [0.1, 0.15) is 46.5 Å². The van der Waals surface area contributed by atoms with Gasteiger partial charge >= 0.3 is 0 Å². The van der Waals surface area contributed by atoms with E-state index in [-0.39, 0.29) is 11.2 Å². The van der Waals surface area contributed by atoms with E-state index in [1.54, 1.807) is 0 Å². The first-order valence-corrected chi connectivity index (χ1v) is 10.7. The molecule has 1 N–H and O–H groups in total. The Morgan fingerprint density at radius 2 is 2.04 bits per heavy atom. The first kappa shape index (κ1) is 19.5. The van der Waals surface area contributed by atoms with E-state index in [0.717, 1.165) is 50.4 Å². The Bertz CT molecular complexity index is 602. The van der Waals surface area contributed by atoms with E-state index in [0.29, 0.717) is 12.0 Å². The van der Waals surface area contributed by atoms with Crippen molar-refractivity contribution in [1.82, 2.24) is 20.1 Å². The summed E-state index contributed by atoms with van der Waals surface area (Å²) in [4.78, 5) is 14.9. The van der Waals surface area contributed by atoms with Gasteiger partial charge in [-0.2, -0.15) is 0 Å². The van der Waals surface area contributed by atoms with Gasteiger partial charge in [0, 0.05) is 25.7 Å². The number of anilines is 1. The molecule has 26 heavy (non-hydrogen) atoms. The number of morpholine rings is 1. The van der Waals surface area contributed by atoms with Crippen molar-refractivity contribution in [3.05, 3.63) is 0 Å². The maximum Gasteiger partial charge on any atom is 0.233 e. The number of hydrogen-bond acceptors (Lipinski definition) is 6. The average Bonchev–Trinajstić information content (AvgIpc) is 3.06. The molecule has 3 atom stereocenters. The number of carbonyl (C=O) groups excluding carboxylic acids is 1. The fraction of sp³-hybridized carbons (Fsp3) is 0.833. The van der Waals surface area contributed by atoms with Crippen molar-refractivity contribution in [3.63, 3.8) is 0 Å².